The Morgan fingerprint density at radius 2 is 0.889 bits per heavy atom. The van der Waals surface area contributed by atoms with Crippen LogP contribution in [0.5, 0.6) is 0 Å². The Morgan fingerprint density at radius 1 is 0.889 bits per heavy atom. The number of rotatable bonds is 0. The zero-order chi connectivity index (χ0) is 4.50. The fourth-order valence-electron chi connectivity index (χ4n) is 0. The van der Waals surface area contributed by atoms with Gasteiger partial charge in [-0.2, -0.15) is 0 Å². The second kappa shape index (κ2) is 14.7. The SMILES string of the molecule is O[Si](O)(O)O.[BiH3].[CaH2].[Cu].[SrH2]. The van der Waals surface area contributed by atoms with Crippen molar-refractivity contribution in [1.29, 1.82) is 0 Å². The molecule has 0 heterocycles. The molecule has 9 heteroatoms. The summed E-state index contributed by atoms with van der Waals surface area (Å²) < 4.78 is 0. The van der Waals surface area contributed by atoms with Gasteiger partial charge in [-0.3, -0.25) is 0 Å². The maximum atomic E-state index is 7.33. The monoisotopic (exact) mass is 503 g/mol. The molecule has 0 aliphatic heterocycles. The maximum absolute atomic E-state index is 7.33. The van der Waals surface area contributed by atoms with E-state index in [2.05, 4.69) is 0 Å². The van der Waals surface area contributed by atoms with Crippen LogP contribution >= 0.6 is 0 Å². The summed E-state index contributed by atoms with van der Waals surface area (Å²) in [5, 5.41) is 0. The summed E-state index contributed by atoms with van der Waals surface area (Å²) in [6.45, 7) is 0. The summed E-state index contributed by atoms with van der Waals surface area (Å²) in [4.78, 5) is 29.3. The second-order valence-corrected chi connectivity index (χ2v) is 1.80. The molecule has 0 amide bonds. The van der Waals surface area contributed by atoms with Crippen LogP contribution in [0.1, 0.15) is 0 Å². The van der Waals surface area contributed by atoms with Crippen LogP contribution < -0.4 is 0 Å². The van der Waals surface area contributed by atoms with E-state index in [1.165, 1.54) is 0 Å². The van der Waals surface area contributed by atoms with E-state index < -0.39 is 9.05 Å². The number of hydrogen-bond acceptors (Lipinski definition) is 4. The molecule has 9 heavy (non-hydrogen) atoms. The molecular weight excluding hydrogens is 492 g/mol. The van der Waals surface area contributed by atoms with Gasteiger partial charge in [-0.25, -0.2) is 0 Å². The van der Waals surface area contributed by atoms with Gasteiger partial charge in [0.15, 0.2) is 0 Å². The molecule has 0 aromatic carbocycles. The van der Waals surface area contributed by atoms with Gasteiger partial charge in [0.25, 0.3) is 0 Å². The first-order valence-electron chi connectivity index (χ1n) is 0.894. The minimum atomic E-state index is -4.61. The Bertz CT molecular complexity index is 36.0. The van der Waals surface area contributed by atoms with Crippen molar-refractivity contribution in [3.05, 3.63) is 0 Å². The molecule has 0 unspecified atom stereocenters. The molecule has 0 aromatic rings. The topological polar surface area (TPSA) is 80.9 Å². The molecule has 0 fully saturated rings. The molecule has 0 atom stereocenters. The van der Waals surface area contributed by atoms with Crippen molar-refractivity contribution in [1.82, 2.24) is 0 Å². The normalized spacial score (nSPS) is 6.67. The Balaban J connectivity index is -0.0000000133. The van der Waals surface area contributed by atoms with Crippen LogP contribution in [0, 0.1) is 0 Å². The second-order valence-electron chi connectivity index (χ2n) is 0.600. The van der Waals surface area contributed by atoms with Crippen molar-refractivity contribution in [3.63, 3.8) is 0 Å². The Kier molecular flexibility index (Phi) is 47.8. The molecule has 0 aliphatic rings. The van der Waals surface area contributed by atoms with E-state index in [0.29, 0.717) is 0 Å². The molecule has 4 nitrogen and oxygen atoms in total. The third-order valence-corrected chi connectivity index (χ3v) is 0. The van der Waals surface area contributed by atoms with E-state index in [4.69, 9.17) is 19.2 Å². The van der Waals surface area contributed by atoms with Crippen molar-refractivity contribution in [2.45, 2.75) is 0 Å². The molecule has 1 radical (unpaired) electrons. The van der Waals surface area contributed by atoms with Gasteiger partial charge in [0.1, 0.15) is 0 Å². The fourth-order valence-corrected chi connectivity index (χ4v) is 0. The van der Waals surface area contributed by atoms with Crippen LogP contribution in [-0.4, -0.2) is 138 Å². The summed E-state index contributed by atoms with van der Waals surface area (Å²) in [6.07, 6.45) is 0. The quantitative estimate of drug-likeness (QED) is 0.249. The molecule has 0 rings (SSSR count). The first-order valence-corrected chi connectivity index (χ1v) is 2.68. The summed E-state index contributed by atoms with van der Waals surface area (Å²) in [7, 11) is -4.61. The molecule has 4 N–H and O–H groups in total. The van der Waals surface area contributed by atoms with Gasteiger partial charge >= 0.3 is 118 Å². The van der Waals surface area contributed by atoms with Gasteiger partial charge in [0, 0.05) is 17.1 Å². The molecule has 0 bridgehead atoms. The van der Waals surface area contributed by atoms with Gasteiger partial charge in [0.05, 0.1) is 0 Å². The van der Waals surface area contributed by atoms with E-state index in [-0.39, 0.29) is 126 Å². The van der Waals surface area contributed by atoms with Crippen molar-refractivity contribution >= 4 is 118 Å². The van der Waals surface area contributed by atoms with Crippen molar-refractivity contribution < 1.29 is 36.3 Å². The first kappa shape index (κ1) is 29.2. The van der Waals surface area contributed by atoms with Crippen LogP contribution in [0.25, 0.3) is 0 Å². The van der Waals surface area contributed by atoms with E-state index in [1.807, 2.05) is 0 Å². The Morgan fingerprint density at radius 3 is 0.889 bits per heavy atom. The van der Waals surface area contributed by atoms with Crippen molar-refractivity contribution in [2.24, 2.45) is 0 Å². The van der Waals surface area contributed by atoms with Gasteiger partial charge in [-0.15, -0.1) is 0 Å². The van der Waals surface area contributed by atoms with Crippen LogP contribution in [0.15, 0.2) is 0 Å². The van der Waals surface area contributed by atoms with Gasteiger partial charge in [-0.1, -0.05) is 0 Å². The van der Waals surface area contributed by atoms with Crippen molar-refractivity contribution in [2.75, 3.05) is 0 Å². The summed E-state index contributed by atoms with van der Waals surface area (Å²) in [6, 6.07) is 0. The van der Waals surface area contributed by atoms with Gasteiger partial charge in [-0.05, 0) is 0 Å². The minimum absolute atomic E-state index is 0. The van der Waals surface area contributed by atoms with Gasteiger partial charge in [0.2, 0.25) is 0 Å². The average Bonchev–Trinajstić information content (AvgIpc) is 0.722. The van der Waals surface area contributed by atoms with Crippen LogP contribution in [0.3, 0.4) is 0 Å². The molecule has 59 valence electrons. The van der Waals surface area contributed by atoms with E-state index in [0.717, 1.165) is 0 Å². The van der Waals surface area contributed by atoms with E-state index in [9.17, 15) is 0 Å². The van der Waals surface area contributed by atoms with Crippen LogP contribution in [-0.2, 0) is 17.1 Å². The molecule has 0 saturated carbocycles. The predicted molar refractivity (Wildman–Crippen MR) is 41.7 cm³/mol. The van der Waals surface area contributed by atoms with E-state index >= 15 is 0 Å². The Labute approximate surface area is 151 Å². The summed E-state index contributed by atoms with van der Waals surface area (Å²) >= 11 is 0. The standard InChI is InChI=1S/Bi.Ca.Cu.H4O4Si.Sr.7H/c;;;1-5(2,3)4;;;;;;;;/h;;;1-4H;;;;;;;;. The summed E-state index contributed by atoms with van der Waals surface area (Å²) in [5.74, 6) is 0. The number of hydrogen-bond donors (Lipinski definition) is 4. The average molecular weight is 503 g/mol. The molecule has 0 aromatic heterocycles. The van der Waals surface area contributed by atoms with Gasteiger partial charge < -0.3 is 19.2 Å². The van der Waals surface area contributed by atoms with Crippen LogP contribution in [0.2, 0.25) is 0 Å². The Hall–Kier alpha value is 4.20. The molecule has 0 saturated heterocycles. The third-order valence-electron chi connectivity index (χ3n) is 0. The van der Waals surface area contributed by atoms with Crippen molar-refractivity contribution in [3.8, 4) is 0 Å². The first-order chi connectivity index (χ1) is 2.00. The predicted octanol–water partition coefficient (Wildman–Crippen LogP) is -5.63. The summed E-state index contributed by atoms with van der Waals surface area (Å²) in [5.41, 5.74) is 0. The zero-order valence-electron chi connectivity index (χ0n) is 3.30. The van der Waals surface area contributed by atoms with E-state index in [1.54, 1.807) is 0 Å². The zero-order valence-corrected chi connectivity index (χ0v) is 10.7. The fraction of sp³-hybridized carbons (Fsp3) is 0. The molecule has 0 spiro atoms. The van der Waals surface area contributed by atoms with Crippen LogP contribution in [0.4, 0.5) is 0 Å². The molecular formula is H11BiCaCuO4SiSr. The molecule has 0 aliphatic carbocycles. The third kappa shape index (κ3) is 72.0.